The van der Waals surface area contributed by atoms with Crippen molar-refractivity contribution in [2.75, 3.05) is 13.7 Å². The van der Waals surface area contributed by atoms with Gasteiger partial charge < -0.3 is 14.1 Å². The Morgan fingerprint density at radius 2 is 2.40 bits per heavy atom. The fourth-order valence-electron chi connectivity index (χ4n) is 1.60. The number of aromatic nitrogens is 2. The minimum atomic E-state index is 0.0280. The molecule has 0 aliphatic rings. The van der Waals surface area contributed by atoms with Crippen molar-refractivity contribution in [3.05, 3.63) is 40.4 Å². The molecular formula is C11H14N2O2. The molecule has 4 nitrogen and oxygen atoms in total. The summed E-state index contributed by atoms with van der Waals surface area (Å²) >= 11 is 0. The Hall–Kier alpha value is -1.55. The first-order chi connectivity index (χ1) is 7.29. The van der Waals surface area contributed by atoms with E-state index in [0.29, 0.717) is 0 Å². The highest BCUT2D eigenvalue weighted by Gasteiger charge is 1.99. The molecule has 1 N–H and O–H groups in total. The molecule has 0 aliphatic carbocycles. The van der Waals surface area contributed by atoms with Gasteiger partial charge in [0.05, 0.1) is 0 Å². The Morgan fingerprint density at radius 1 is 1.53 bits per heavy atom. The van der Waals surface area contributed by atoms with E-state index in [4.69, 9.17) is 4.74 Å². The molecule has 0 aliphatic heterocycles. The van der Waals surface area contributed by atoms with Gasteiger partial charge in [-0.2, -0.15) is 0 Å². The molecule has 2 aromatic heterocycles. The van der Waals surface area contributed by atoms with Crippen LogP contribution in [0.4, 0.5) is 0 Å². The van der Waals surface area contributed by atoms with Crippen molar-refractivity contribution in [2.45, 2.75) is 12.8 Å². The van der Waals surface area contributed by atoms with Crippen LogP contribution in [0.5, 0.6) is 0 Å². The zero-order valence-electron chi connectivity index (χ0n) is 8.69. The highest BCUT2D eigenvalue weighted by atomic mass is 16.5. The highest BCUT2D eigenvalue weighted by molar-refractivity contribution is 5.39. The molecule has 2 aromatic rings. The molecule has 0 bridgehead atoms. The van der Waals surface area contributed by atoms with Gasteiger partial charge in [0.2, 0.25) is 0 Å². The Bertz CT molecular complexity index is 499. The van der Waals surface area contributed by atoms with Gasteiger partial charge in [0.1, 0.15) is 5.65 Å². The van der Waals surface area contributed by atoms with E-state index in [1.807, 2.05) is 10.6 Å². The maximum atomic E-state index is 11.1. The van der Waals surface area contributed by atoms with Crippen LogP contribution in [0.2, 0.25) is 0 Å². The number of methoxy groups -OCH3 is 1. The van der Waals surface area contributed by atoms with Gasteiger partial charge in [-0.15, -0.1) is 0 Å². The fourth-order valence-corrected chi connectivity index (χ4v) is 1.60. The molecule has 0 atom stereocenters. The zero-order chi connectivity index (χ0) is 10.7. The first-order valence-electron chi connectivity index (χ1n) is 4.98. The average molecular weight is 206 g/mol. The third-order valence-electron chi connectivity index (χ3n) is 2.33. The van der Waals surface area contributed by atoms with E-state index in [9.17, 15) is 4.79 Å². The lowest BCUT2D eigenvalue weighted by atomic mass is 10.3. The van der Waals surface area contributed by atoms with Crippen LogP contribution in [0.1, 0.15) is 12.1 Å². The van der Waals surface area contributed by atoms with Crippen LogP contribution in [0.3, 0.4) is 0 Å². The number of hydrogen-bond acceptors (Lipinski definition) is 2. The number of imidazole rings is 1. The minimum Gasteiger partial charge on any atom is -0.385 e. The standard InChI is InChI=1S/C11H14N2O2/c1-15-6-2-3-9-8-13-5-4-10(14)7-11(13)12-9/h4-5,7-8,12H,2-3,6H2,1H3. The molecule has 4 heteroatoms. The van der Waals surface area contributed by atoms with Gasteiger partial charge in [-0.05, 0) is 12.8 Å². The van der Waals surface area contributed by atoms with Crippen molar-refractivity contribution in [1.29, 1.82) is 0 Å². The number of rotatable bonds is 4. The van der Waals surface area contributed by atoms with Crippen LogP contribution in [-0.2, 0) is 11.2 Å². The predicted molar refractivity (Wildman–Crippen MR) is 58.2 cm³/mol. The number of H-pyrrole nitrogens is 1. The van der Waals surface area contributed by atoms with Gasteiger partial charge >= 0.3 is 0 Å². The number of hydrogen-bond donors (Lipinski definition) is 1. The smallest absolute Gasteiger partial charge is 0.183 e. The molecule has 0 spiro atoms. The van der Waals surface area contributed by atoms with Gasteiger partial charge in [-0.25, -0.2) is 0 Å². The Morgan fingerprint density at radius 3 is 3.20 bits per heavy atom. The van der Waals surface area contributed by atoms with Crippen LogP contribution in [0.15, 0.2) is 29.3 Å². The fraction of sp³-hybridized carbons (Fsp3) is 0.364. The third-order valence-corrected chi connectivity index (χ3v) is 2.33. The van der Waals surface area contributed by atoms with E-state index < -0.39 is 0 Å². The molecule has 0 saturated carbocycles. The molecule has 0 amide bonds. The largest absolute Gasteiger partial charge is 0.385 e. The van der Waals surface area contributed by atoms with Crippen LogP contribution < -0.4 is 5.43 Å². The van der Waals surface area contributed by atoms with Crippen LogP contribution in [-0.4, -0.2) is 23.1 Å². The normalized spacial score (nSPS) is 11.0. The average Bonchev–Trinajstić information content (AvgIpc) is 2.60. The predicted octanol–water partition coefficient (Wildman–Crippen LogP) is 1.21. The molecule has 2 rings (SSSR count). The monoisotopic (exact) mass is 206 g/mol. The highest BCUT2D eigenvalue weighted by Crippen LogP contribution is 2.04. The topological polar surface area (TPSA) is 46.5 Å². The maximum absolute atomic E-state index is 11.1. The van der Waals surface area contributed by atoms with Gasteiger partial charge in [-0.1, -0.05) is 0 Å². The molecule has 0 saturated heterocycles. The van der Waals surface area contributed by atoms with Gasteiger partial charge in [0.15, 0.2) is 5.43 Å². The Kier molecular flexibility index (Phi) is 2.87. The second-order valence-corrected chi connectivity index (χ2v) is 3.53. The molecule has 80 valence electrons. The number of nitrogens with one attached hydrogen (secondary N) is 1. The summed E-state index contributed by atoms with van der Waals surface area (Å²) in [6, 6.07) is 3.15. The summed E-state index contributed by atoms with van der Waals surface area (Å²) < 4.78 is 6.91. The molecule has 15 heavy (non-hydrogen) atoms. The lowest BCUT2D eigenvalue weighted by Crippen LogP contribution is -1.97. The summed E-state index contributed by atoms with van der Waals surface area (Å²) in [6.45, 7) is 0.757. The summed E-state index contributed by atoms with van der Waals surface area (Å²) in [5.41, 5.74) is 1.99. The van der Waals surface area contributed by atoms with E-state index in [0.717, 1.165) is 30.8 Å². The number of aromatic amines is 1. The van der Waals surface area contributed by atoms with Crippen molar-refractivity contribution in [3.63, 3.8) is 0 Å². The SMILES string of the molecule is COCCCc1cn2ccc(=O)cc2[nH]1. The van der Waals surface area contributed by atoms with Crippen molar-refractivity contribution in [3.8, 4) is 0 Å². The second kappa shape index (κ2) is 4.31. The number of ether oxygens (including phenoxy) is 1. The summed E-state index contributed by atoms with van der Waals surface area (Å²) in [5, 5.41) is 0. The summed E-state index contributed by atoms with van der Waals surface area (Å²) in [5.74, 6) is 0. The molecular weight excluding hydrogens is 192 g/mol. The molecule has 2 heterocycles. The molecule has 0 unspecified atom stereocenters. The minimum absolute atomic E-state index is 0.0280. The van der Waals surface area contributed by atoms with E-state index in [1.54, 1.807) is 25.4 Å². The second-order valence-electron chi connectivity index (χ2n) is 3.53. The first kappa shape index (κ1) is 9.98. The van der Waals surface area contributed by atoms with Gasteiger partial charge in [0.25, 0.3) is 0 Å². The van der Waals surface area contributed by atoms with E-state index in [1.165, 1.54) is 0 Å². The van der Waals surface area contributed by atoms with Crippen LogP contribution >= 0.6 is 0 Å². The zero-order valence-corrected chi connectivity index (χ0v) is 8.69. The van der Waals surface area contributed by atoms with Gasteiger partial charge in [-0.3, -0.25) is 4.79 Å². The van der Waals surface area contributed by atoms with E-state index in [-0.39, 0.29) is 5.43 Å². The lowest BCUT2D eigenvalue weighted by molar-refractivity contribution is 0.195. The number of aryl methyl sites for hydroxylation is 1. The maximum Gasteiger partial charge on any atom is 0.183 e. The van der Waals surface area contributed by atoms with E-state index >= 15 is 0 Å². The molecule has 0 aromatic carbocycles. The Labute approximate surface area is 87.5 Å². The summed E-state index contributed by atoms with van der Waals surface area (Å²) in [4.78, 5) is 14.3. The first-order valence-corrected chi connectivity index (χ1v) is 4.98. The summed E-state index contributed by atoms with van der Waals surface area (Å²) in [7, 11) is 1.70. The number of pyridine rings is 1. The van der Waals surface area contributed by atoms with Crippen molar-refractivity contribution in [1.82, 2.24) is 9.38 Å². The van der Waals surface area contributed by atoms with E-state index in [2.05, 4.69) is 4.98 Å². The third kappa shape index (κ3) is 2.27. The van der Waals surface area contributed by atoms with Crippen molar-refractivity contribution >= 4 is 5.65 Å². The Balaban J connectivity index is 2.19. The quantitative estimate of drug-likeness (QED) is 0.764. The number of nitrogens with zero attached hydrogens (tertiary/aromatic N) is 1. The summed E-state index contributed by atoms with van der Waals surface area (Å²) in [6.07, 6.45) is 5.69. The van der Waals surface area contributed by atoms with Gasteiger partial charge in [0, 0.05) is 43.9 Å². The molecule has 0 radical (unpaired) electrons. The number of fused-ring (bicyclic) bond motifs is 1. The molecule has 0 fully saturated rings. The van der Waals surface area contributed by atoms with Crippen molar-refractivity contribution in [2.24, 2.45) is 0 Å². The van der Waals surface area contributed by atoms with Crippen LogP contribution in [0.25, 0.3) is 5.65 Å². The van der Waals surface area contributed by atoms with Crippen molar-refractivity contribution < 1.29 is 4.74 Å². The lowest BCUT2D eigenvalue weighted by Gasteiger charge is -1.95. The van der Waals surface area contributed by atoms with Crippen LogP contribution in [0, 0.1) is 0 Å².